The van der Waals surface area contributed by atoms with Crippen molar-refractivity contribution in [3.05, 3.63) is 11.6 Å². The van der Waals surface area contributed by atoms with Gasteiger partial charge in [0.15, 0.2) is 0 Å². The van der Waals surface area contributed by atoms with Crippen LogP contribution in [-0.2, 0) is 4.79 Å². The van der Waals surface area contributed by atoms with Crippen LogP contribution in [0.5, 0.6) is 0 Å². The van der Waals surface area contributed by atoms with Crippen LogP contribution in [0.1, 0.15) is 58.3 Å². The summed E-state index contributed by atoms with van der Waals surface area (Å²) in [5, 5.41) is 9.32. The monoisotopic (exact) mass is 312 g/mol. The van der Waals surface area contributed by atoms with Gasteiger partial charge in [0, 0.05) is 25.6 Å². The van der Waals surface area contributed by atoms with Crippen LogP contribution in [0.15, 0.2) is 11.6 Å². The fourth-order valence-corrected chi connectivity index (χ4v) is 6.71. The van der Waals surface area contributed by atoms with Crippen molar-refractivity contribution in [2.24, 2.45) is 29.1 Å². The van der Waals surface area contributed by atoms with Gasteiger partial charge in [0.2, 0.25) is 5.91 Å². The molecule has 1 aliphatic heterocycles. The highest BCUT2D eigenvalue weighted by atomic mass is 16.2. The second-order valence-electron chi connectivity index (χ2n) is 8.71. The zero-order valence-electron chi connectivity index (χ0n) is 14.4. The van der Waals surface area contributed by atoms with Crippen molar-refractivity contribution in [2.75, 3.05) is 7.05 Å². The van der Waals surface area contributed by atoms with E-state index < -0.39 is 0 Å². The minimum atomic E-state index is 0.294. The van der Waals surface area contributed by atoms with Crippen LogP contribution in [-0.4, -0.2) is 23.9 Å². The average Bonchev–Trinajstić information content (AvgIpc) is 2.93. The van der Waals surface area contributed by atoms with E-state index in [-0.39, 0.29) is 0 Å². The summed E-state index contributed by atoms with van der Waals surface area (Å²) in [7, 11) is 1.98. The third kappa shape index (κ3) is 2.17. The van der Waals surface area contributed by atoms with Gasteiger partial charge in [-0.3, -0.25) is 4.79 Å². The van der Waals surface area contributed by atoms with E-state index in [1.54, 1.807) is 0 Å². The van der Waals surface area contributed by atoms with E-state index in [1.807, 2.05) is 18.0 Å². The zero-order chi connectivity index (χ0) is 16.2. The van der Waals surface area contributed by atoms with Crippen molar-refractivity contribution in [3.8, 4) is 6.07 Å². The van der Waals surface area contributed by atoms with Gasteiger partial charge in [-0.15, -0.1) is 0 Å². The van der Waals surface area contributed by atoms with E-state index in [2.05, 4.69) is 13.0 Å². The molecule has 0 radical (unpaired) electrons. The highest BCUT2D eigenvalue weighted by Crippen LogP contribution is 2.62. The maximum Gasteiger partial charge on any atom is 0.222 e. The molecule has 3 heteroatoms. The van der Waals surface area contributed by atoms with Gasteiger partial charge >= 0.3 is 0 Å². The van der Waals surface area contributed by atoms with E-state index >= 15 is 0 Å². The Balaban J connectivity index is 1.72. The van der Waals surface area contributed by atoms with Gasteiger partial charge in [-0.25, -0.2) is 0 Å². The second kappa shape index (κ2) is 5.36. The Morgan fingerprint density at radius 3 is 2.87 bits per heavy atom. The van der Waals surface area contributed by atoms with Crippen molar-refractivity contribution in [1.29, 1.82) is 5.26 Å². The summed E-state index contributed by atoms with van der Waals surface area (Å²) in [4.78, 5) is 14.1. The number of rotatable bonds is 0. The Morgan fingerprint density at radius 2 is 2.09 bits per heavy atom. The molecule has 0 unspecified atom stereocenters. The van der Waals surface area contributed by atoms with E-state index in [9.17, 15) is 10.1 Å². The highest BCUT2D eigenvalue weighted by Gasteiger charge is 2.55. The predicted octanol–water partition coefficient (Wildman–Crippen LogP) is 3.91. The molecule has 6 atom stereocenters. The third-order valence-corrected chi connectivity index (χ3v) is 7.85. The zero-order valence-corrected chi connectivity index (χ0v) is 14.4. The number of hydrogen-bond donors (Lipinski definition) is 0. The van der Waals surface area contributed by atoms with Gasteiger partial charge < -0.3 is 4.90 Å². The van der Waals surface area contributed by atoms with Gasteiger partial charge in [0.05, 0.1) is 6.07 Å². The standard InChI is InChI=1S/C20H28N2O/c1-20-9-3-4-16(20)19-13(8-11-21)12-17-14(15(19)7-10-20)5-6-18(23)22(17)2/h8,14-17,19H,3-7,9-10,12H2,1-2H3/t14-,15-,16+,17-,19-,20+/m1/s1. The first-order valence-electron chi connectivity index (χ1n) is 9.39. The van der Waals surface area contributed by atoms with Crippen molar-refractivity contribution < 1.29 is 4.79 Å². The number of allylic oxidation sites excluding steroid dienone is 1. The van der Waals surface area contributed by atoms with Crippen LogP contribution in [0, 0.1) is 40.4 Å². The van der Waals surface area contributed by atoms with E-state index in [0.29, 0.717) is 35.1 Å². The number of nitriles is 1. The van der Waals surface area contributed by atoms with Crippen LogP contribution >= 0.6 is 0 Å². The molecular weight excluding hydrogens is 284 g/mol. The average molecular weight is 312 g/mol. The van der Waals surface area contributed by atoms with Crippen LogP contribution in [0.2, 0.25) is 0 Å². The molecule has 0 spiro atoms. The van der Waals surface area contributed by atoms with Crippen molar-refractivity contribution >= 4 is 5.91 Å². The van der Waals surface area contributed by atoms with Gasteiger partial charge in [-0.1, -0.05) is 18.9 Å². The lowest BCUT2D eigenvalue weighted by atomic mass is 9.51. The molecule has 23 heavy (non-hydrogen) atoms. The molecule has 4 fully saturated rings. The molecule has 0 bridgehead atoms. The Morgan fingerprint density at radius 1 is 1.26 bits per heavy atom. The van der Waals surface area contributed by atoms with Gasteiger partial charge in [0.1, 0.15) is 0 Å². The number of piperidine rings is 1. The Hall–Kier alpha value is -1.30. The summed E-state index contributed by atoms with van der Waals surface area (Å²) in [6, 6.07) is 2.65. The first-order chi connectivity index (χ1) is 11.0. The summed E-state index contributed by atoms with van der Waals surface area (Å²) >= 11 is 0. The number of carbonyl (C=O) groups excluding carboxylic acids is 1. The lowest BCUT2D eigenvalue weighted by Gasteiger charge is -2.57. The minimum Gasteiger partial charge on any atom is -0.342 e. The van der Waals surface area contributed by atoms with Gasteiger partial charge in [-0.2, -0.15) is 5.26 Å². The SMILES string of the molecule is CN1C(=O)CC[C@@H]2[C@H]3CC[C@]4(C)CCC[C@H]4[C@@H]3C(=CC#N)C[C@H]21. The smallest absolute Gasteiger partial charge is 0.222 e. The quantitative estimate of drug-likeness (QED) is 0.637. The molecule has 3 saturated carbocycles. The molecule has 0 aromatic rings. The number of likely N-dealkylation sites (tertiary alicyclic amines) is 1. The molecule has 0 N–H and O–H groups in total. The van der Waals surface area contributed by atoms with Crippen molar-refractivity contribution in [2.45, 2.75) is 64.3 Å². The molecule has 3 nitrogen and oxygen atoms in total. The molecule has 1 heterocycles. The lowest BCUT2D eigenvalue weighted by molar-refractivity contribution is -0.141. The predicted molar refractivity (Wildman–Crippen MR) is 89.3 cm³/mol. The number of amides is 1. The molecule has 124 valence electrons. The Bertz CT molecular complexity index is 589. The molecule has 4 rings (SSSR count). The maximum atomic E-state index is 12.1. The van der Waals surface area contributed by atoms with E-state index in [4.69, 9.17) is 0 Å². The van der Waals surface area contributed by atoms with E-state index in [1.165, 1.54) is 37.7 Å². The molecule has 3 aliphatic carbocycles. The first kappa shape index (κ1) is 15.2. The molecule has 1 amide bonds. The number of carbonyl (C=O) groups is 1. The largest absolute Gasteiger partial charge is 0.342 e. The van der Waals surface area contributed by atoms with Crippen LogP contribution in [0.3, 0.4) is 0 Å². The lowest BCUT2D eigenvalue weighted by Crippen LogP contribution is -2.56. The Kier molecular flexibility index (Phi) is 3.55. The third-order valence-electron chi connectivity index (χ3n) is 7.85. The van der Waals surface area contributed by atoms with Crippen molar-refractivity contribution in [1.82, 2.24) is 4.90 Å². The fraction of sp³-hybridized carbons (Fsp3) is 0.800. The van der Waals surface area contributed by atoms with Gasteiger partial charge in [0.25, 0.3) is 0 Å². The summed E-state index contributed by atoms with van der Waals surface area (Å²) in [6.07, 6.45) is 11.3. The van der Waals surface area contributed by atoms with E-state index in [0.717, 1.165) is 25.2 Å². The molecule has 0 aromatic heterocycles. The first-order valence-corrected chi connectivity index (χ1v) is 9.39. The topological polar surface area (TPSA) is 44.1 Å². The van der Waals surface area contributed by atoms with Crippen LogP contribution < -0.4 is 0 Å². The number of fused-ring (bicyclic) bond motifs is 5. The fourth-order valence-electron chi connectivity index (χ4n) is 6.71. The maximum absolute atomic E-state index is 12.1. The summed E-state index contributed by atoms with van der Waals surface area (Å²) in [5.74, 6) is 3.02. The number of nitrogens with zero attached hydrogens (tertiary/aromatic N) is 2. The van der Waals surface area contributed by atoms with Gasteiger partial charge in [-0.05, 0) is 67.6 Å². The summed E-state index contributed by atoms with van der Waals surface area (Å²) < 4.78 is 0. The molecule has 0 aromatic carbocycles. The minimum absolute atomic E-state index is 0.294. The van der Waals surface area contributed by atoms with Crippen LogP contribution in [0.4, 0.5) is 0 Å². The normalized spacial score (nSPS) is 47.7. The number of hydrogen-bond acceptors (Lipinski definition) is 2. The van der Waals surface area contributed by atoms with Crippen LogP contribution in [0.25, 0.3) is 0 Å². The summed E-state index contributed by atoms with van der Waals surface area (Å²) in [5.41, 5.74) is 1.86. The Labute approximate surface area is 139 Å². The van der Waals surface area contributed by atoms with Crippen molar-refractivity contribution in [3.63, 3.8) is 0 Å². The molecular formula is C20H28N2O. The molecule has 1 saturated heterocycles. The second-order valence-corrected chi connectivity index (χ2v) is 8.71. The summed E-state index contributed by atoms with van der Waals surface area (Å²) in [6.45, 7) is 2.49. The highest BCUT2D eigenvalue weighted by molar-refractivity contribution is 5.77. The molecule has 4 aliphatic rings.